The van der Waals surface area contributed by atoms with Crippen LogP contribution in [0.1, 0.15) is 31.0 Å². The maximum Gasteiger partial charge on any atom is 0.251 e. The van der Waals surface area contributed by atoms with Gasteiger partial charge in [0.2, 0.25) is 0 Å². The summed E-state index contributed by atoms with van der Waals surface area (Å²) in [5.41, 5.74) is 2.86. The van der Waals surface area contributed by atoms with E-state index in [1.165, 1.54) is 12.1 Å². The van der Waals surface area contributed by atoms with Gasteiger partial charge in [0, 0.05) is 42.8 Å². The molecule has 0 bridgehead atoms. The number of aromatic hydroxyl groups is 1. The lowest BCUT2D eigenvalue weighted by Gasteiger charge is -2.47. The van der Waals surface area contributed by atoms with Gasteiger partial charge in [-0.15, -0.1) is 0 Å². The molecule has 1 saturated heterocycles. The van der Waals surface area contributed by atoms with Gasteiger partial charge in [-0.3, -0.25) is 14.6 Å². The van der Waals surface area contributed by atoms with Crippen LogP contribution >= 0.6 is 0 Å². The number of hydrogen-bond acceptors (Lipinski definition) is 4. The number of phenols is 1. The highest BCUT2D eigenvalue weighted by molar-refractivity contribution is 6.06. The summed E-state index contributed by atoms with van der Waals surface area (Å²) in [6, 6.07) is 14.0. The molecule has 33 heavy (non-hydrogen) atoms. The number of aryl methyl sites for hydroxylation is 1. The van der Waals surface area contributed by atoms with Gasteiger partial charge in [-0.2, -0.15) is 5.10 Å². The van der Waals surface area contributed by atoms with E-state index in [2.05, 4.69) is 16.9 Å². The highest BCUT2D eigenvalue weighted by Crippen LogP contribution is 2.41. The molecule has 0 unspecified atom stereocenters. The Morgan fingerprint density at radius 2 is 2.06 bits per heavy atom. The van der Waals surface area contributed by atoms with Crippen molar-refractivity contribution in [2.75, 3.05) is 11.4 Å². The van der Waals surface area contributed by atoms with Crippen LogP contribution in [0.2, 0.25) is 0 Å². The van der Waals surface area contributed by atoms with E-state index in [4.69, 9.17) is 0 Å². The fourth-order valence-electron chi connectivity index (χ4n) is 5.18. The maximum atomic E-state index is 13.9. The minimum Gasteiger partial charge on any atom is -0.506 e. The lowest BCUT2D eigenvalue weighted by Crippen LogP contribution is -2.56. The SMILES string of the molecule is Cc1ccnn1-c1cc(CN2CC[C@@]3(C=CC(=O)N3c3cccc(F)c3)C[C@@H]2C)ccc1O. The topological polar surface area (TPSA) is 61.6 Å². The molecule has 1 aromatic heterocycles. The fourth-order valence-corrected chi connectivity index (χ4v) is 5.18. The summed E-state index contributed by atoms with van der Waals surface area (Å²) in [7, 11) is 0. The molecule has 1 fully saturated rings. The third kappa shape index (κ3) is 3.82. The van der Waals surface area contributed by atoms with E-state index in [0.29, 0.717) is 11.4 Å². The molecule has 2 aliphatic rings. The number of piperidine rings is 1. The minimum atomic E-state index is -0.437. The Morgan fingerprint density at radius 1 is 1.21 bits per heavy atom. The number of anilines is 1. The lowest BCUT2D eigenvalue weighted by atomic mass is 9.82. The zero-order valence-electron chi connectivity index (χ0n) is 18.8. The number of amides is 1. The molecule has 3 heterocycles. The van der Waals surface area contributed by atoms with Crippen molar-refractivity contribution in [3.8, 4) is 11.4 Å². The van der Waals surface area contributed by atoms with Crippen LogP contribution in [0, 0.1) is 12.7 Å². The number of nitrogens with zero attached hydrogens (tertiary/aromatic N) is 4. The Hall–Kier alpha value is -3.45. The Labute approximate surface area is 192 Å². The van der Waals surface area contributed by atoms with Crippen molar-refractivity contribution in [1.29, 1.82) is 0 Å². The summed E-state index contributed by atoms with van der Waals surface area (Å²) in [5, 5.41) is 14.7. The van der Waals surface area contributed by atoms with Gasteiger partial charge < -0.3 is 5.11 Å². The Kier molecular flexibility index (Phi) is 5.29. The molecule has 2 aliphatic heterocycles. The van der Waals surface area contributed by atoms with E-state index in [1.54, 1.807) is 40.1 Å². The number of rotatable bonds is 4. The first kappa shape index (κ1) is 21.4. The zero-order chi connectivity index (χ0) is 23.2. The fraction of sp³-hybridized carbons (Fsp3) is 0.308. The minimum absolute atomic E-state index is 0.0981. The molecular formula is C26H27FN4O2. The number of benzene rings is 2. The molecule has 1 N–H and O–H groups in total. The standard InChI is InChI=1S/C26H27FN4O2/c1-18-9-12-28-31(18)23-14-20(6-7-24(23)32)17-29-13-11-26(16-19(29)2)10-8-25(33)30(26)22-5-3-4-21(27)15-22/h3-10,12,14-15,19,32H,11,13,16-17H2,1-2H3/t19-,26-/m0/s1. The molecule has 0 aliphatic carbocycles. The number of likely N-dealkylation sites (tertiary alicyclic amines) is 1. The molecule has 1 spiro atoms. The van der Waals surface area contributed by atoms with Crippen LogP contribution in [-0.2, 0) is 11.3 Å². The largest absolute Gasteiger partial charge is 0.506 e. The van der Waals surface area contributed by atoms with Gasteiger partial charge in [0.05, 0.1) is 5.54 Å². The molecule has 0 saturated carbocycles. The summed E-state index contributed by atoms with van der Waals surface area (Å²) in [6.45, 7) is 5.64. The number of aromatic nitrogens is 2. The van der Waals surface area contributed by atoms with Crippen LogP contribution in [0.3, 0.4) is 0 Å². The summed E-state index contributed by atoms with van der Waals surface area (Å²) in [4.78, 5) is 16.9. The molecule has 5 rings (SSSR count). The van der Waals surface area contributed by atoms with E-state index >= 15 is 0 Å². The van der Waals surface area contributed by atoms with Gasteiger partial charge in [-0.25, -0.2) is 9.07 Å². The van der Waals surface area contributed by atoms with Crippen molar-refractivity contribution in [3.63, 3.8) is 0 Å². The first-order chi connectivity index (χ1) is 15.9. The van der Waals surface area contributed by atoms with E-state index in [9.17, 15) is 14.3 Å². The number of carbonyl (C=O) groups is 1. The van der Waals surface area contributed by atoms with Gasteiger partial charge in [0.25, 0.3) is 5.91 Å². The van der Waals surface area contributed by atoms with Crippen LogP contribution in [0.25, 0.3) is 5.69 Å². The Bertz CT molecular complexity index is 1240. The average Bonchev–Trinajstić information content (AvgIpc) is 3.34. The quantitative estimate of drug-likeness (QED) is 0.647. The van der Waals surface area contributed by atoms with Gasteiger partial charge in [-0.05, 0) is 68.7 Å². The van der Waals surface area contributed by atoms with E-state index in [-0.39, 0.29) is 23.5 Å². The Balaban J connectivity index is 1.36. The van der Waals surface area contributed by atoms with Crippen LogP contribution < -0.4 is 4.90 Å². The monoisotopic (exact) mass is 446 g/mol. The summed E-state index contributed by atoms with van der Waals surface area (Å²) >= 11 is 0. The Morgan fingerprint density at radius 3 is 2.79 bits per heavy atom. The molecule has 1 amide bonds. The summed E-state index contributed by atoms with van der Waals surface area (Å²) in [5.74, 6) is -0.251. The van der Waals surface area contributed by atoms with Crippen LogP contribution in [-0.4, -0.2) is 43.8 Å². The molecule has 6 nitrogen and oxygen atoms in total. The average molecular weight is 447 g/mol. The zero-order valence-corrected chi connectivity index (χ0v) is 18.8. The molecule has 170 valence electrons. The second-order valence-corrected chi connectivity index (χ2v) is 9.07. The molecule has 2 atom stereocenters. The van der Waals surface area contributed by atoms with Crippen molar-refractivity contribution in [1.82, 2.24) is 14.7 Å². The number of carbonyl (C=O) groups excluding carboxylic acids is 1. The van der Waals surface area contributed by atoms with Crippen molar-refractivity contribution in [2.45, 2.75) is 44.8 Å². The summed E-state index contributed by atoms with van der Waals surface area (Å²) < 4.78 is 15.6. The van der Waals surface area contributed by atoms with Gasteiger partial charge in [0.1, 0.15) is 17.3 Å². The van der Waals surface area contributed by atoms with Gasteiger partial charge in [-0.1, -0.05) is 18.2 Å². The van der Waals surface area contributed by atoms with Crippen molar-refractivity contribution in [3.05, 3.63) is 84.0 Å². The van der Waals surface area contributed by atoms with E-state index in [1.807, 2.05) is 31.2 Å². The molecule has 0 radical (unpaired) electrons. The predicted octanol–water partition coefficient (Wildman–Crippen LogP) is 4.35. The number of halogens is 1. The van der Waals surface area contributed by atoms with Crippen molar-refractivity contribution >= 4 is 11.6 Å². The molecule has 7 heteroatoms. The second kappa shape index (κ2) is 8.15. The lowest BCUT2D eigenvalue weighted by molar-refractivity contribution is -0.114. The van der Waals surface area contributed by atoms with Gasteiger partial charge in [0.15, 0.2) is 0 Å². The van der Waals surface area contributed by atoms with Crippen LogP contribution in [0.5, 0.6) is 5.75 Å². The van der Waals surface area contributed by atoms with Crippen LogP contribution in [0.4, 0.5) is 10.1 Å². The molecule has 3 aromatic rings. The first-order valence-electron chi connectivity index (χ1n) is 11.2. The summed E-state index contributed by atoms with van der Waals surface area (Å²) in [6.07, 6.45) is 6.85. The van der Waals surface area contributed by atoms with E-state index in [0.717, 1.165) is 37.2 Å². The number of hydrogen-bond donors (Lipinski definition) is 1. The van der Waals surface area contributed by atoms with Crippen LogP contribution in [0.15, 0.2) is 66.9 Å². The number of phenolic OH excluding ortho intramolecular Hbond substituents is 1. The first-order valence-corrected chi connectivity index (χ1v) is 11.2. The third-order valence-corrected chi connectivity index (χ3v) is 6.86. The highest BCUT2D eigenvalue weighted by Gasteiger charge is 2.46. The third-order valence-electron chi connectivity index (χ3n) is 6.86. The predicted molar refractivity (Wildman–Crippen MR) is 125 cm³/mol. The highest BCUT2D eigenvalue weighted by atomic mass is 19.1. The molecular weight excluding hydrogens is 419 g/mol. The normalized spacial score (nSPS) is 23.1. The smallest absolute Gasteiger partial charge is 0.251 e. The maximum absolute atomic E-state index is 13.9. The van der Waals surface area contributed by atoms with Crippen molar-refractivity contribution in [2.24, 2.45) is 0 Å². The molecule has 2 aromatic carbocycles. The van der Waals surface area contributed by atoms with Crippen molar-refractivity contribution < 1.29 is 14.3 Å². The van der Waals surface area contributed by atoms with E-state index < -0.39 is 5.54 Å². The van der Waals surface area contributed by atoms with Gasteiger partial charge >= 0.3 is 0 Å². The second-order valence-electron chi connectivity index (χ2n) is 9.07.